The zero-order valence-electron chi connectivity index (χ0n) is 13.3. The Hall–Kier alpha value is -0.120. The molecule has 0 aliphatic carbocycles. The van der Waals surface area contributed by atoms with Gasteiger partial charge in [0.15, 0.2) is 0 Å². The van der Waals surface area contributed by atoms with Crippen LogP contribution in [0.15, 0.2) is 0 Å². The summed E-state index contributed by atoms with van der Waals surface area (Å²) in [7, 11) is 2.24. The zero-order chi connectivity index (χ0) is 13.8. The first-order valence-corrected chi connectivity index (χ1v) is 7.49. The number of hydrogen-bond acceptors (Lipinski definition) is 3. The highest BCUT2D eigenvalue weighted by Crippen LogP contribution is 2.13. The van der Waals surface area contributed by atoms with Crippen LogP contribution in [0.3, 0.4) is 0 Å². The molecule has 2 unspecified atom stereocenters. The highest BCUT2D eigenvalue weighted by Gasteiger charge is 2.23. The van der Waals surface area contributed by atoms with Crippen molar-refractivity contribution in [3.63, 3.8) is 0 Å². The number of rotatable bonds is 5. The molecule has 1 rings (SSSR count). The third-order valence-corrected chi connectivity index (χ3v) is 4.07. The second kappa shape index (κ2) is 6.88. The average Bonchev–Trinajstić information content (AvgIpc) is 2.26. The van der Waals surface area contributed by atoms with Gasteiger partial charge >= 0.3 is 0 Å². The predicted molar refractivity (Wildman–Crippen MR) is 80.1 cm³/mol. The van der Waals surface area contributed by atoms with Crippen molar-refractivity contribution in [1.29, 1.82) is 0 Å². The summed E-state index contributed by atoms with van der Waals surface area (Å²) in [5.41, 5.74) is 0.256. The van der Waals surface area contributed by atoms with Gasteiger partial charge in [0.25, 0.3) is 0 Å². The summed E-state index contributed by atoms with van der Waals surface area (Å²) < 4.78 is 0. The average molecular weight is 255 g/mol. The summed E-state index contributed by atoms with van der Waals surface area (Å²) in [4.78, 5) is 5.12. The topological polar surface area (TPSA) is 18.5 Å². The second-order valence-electron chi connectivity index (χ2n) is 6.99. The van der Waals surface area contributed by atoms with Gasteiger partial charge in [0.2, 0.25) is 0 Å². The fourth-order valence-electron chi connectivity index (χ4n) is 2.52. The van der Waals surface area contributed by atoms with E-state index >= 15 is 0 Å². The molecule has 1 N–H and O–H groups in total. The van der Waals surface area contributed by atoms with Crippen molar-refractivity contribution < 1.29 is 0 Å². The largest absolute Gasteiger partial charge is 0.312 e. The van der Waals surface area contributed by atoms with E-state index in [1.165, 1.54) is 32.5 Å². The summed E-state index contributed by atoms with van der Waals surface area (Å²) >= 11 is 0. The summed E-state index contributed by atoms with van der Waals surface area (Å²) in [6.45, 7) is 16.2. The Morgan fingerprint density at radius 3 is 2.50 bits per heavy atom. The Balaban J connectivity index is 2.19. The first-order valence-electron chi connectivity index (χ1n) is 7.49. The smallest absolute Gasteiger partial charge is 0.0192 e. The van der Waals surface area contributed by atoms with E-state index in [9.17, 15) is 0 Å². The highest BCUT2D eigenvalue weighted by atomic mass is 15.3. The van der Waals surface area contributed by atoms with Crippen molar-refractivity contribution in [3.05, 3.63) is 0 Å². The molecule has 0 saturated carbocycles. The lowest BCUT2D eigenvalue weighted by atomic mass is 10.1. The van der Waals surface area contributed by atoms with E-state index in [4.69, 9.17) is 0 Å². The van der Waals surface area contributed by atoms with Crippen molar-refractivity contribution in [3.8, 4) is 0 Å². The van der Waals surface area contributed by atoms with Gasteiger partial charge in [-0.05, 0) is 61.1 Å². The normalized spacial score (nSPS) is 25.3. The monoisotopic (exact) mass is 255 g/mol. The fourth-order valence-corrected chi connectivity index (χ4v) is 2.52. The van der Waals surface area contributed by atoms with Gasteiger partial charge in [0.05, 0.1) is 0 Å². The highest BCUT2D eigenvalue weighted by molar-refractivity contribution is 4.80. The predicted octanol–water partition coefficient (Wildman–Crippen LogP) is 2.18. The van der Waals surface area contributed by atoms with Crippen molar-refractivity contribution in [2.24, 2.45) is 0 Å². The molecule has 3 nitrogen and oxygen atoms in total. The van der Waals surface area contributed by atoms with Crippen LogP contribution in [0.1, 0.15) is 47.5 Å². The molecule has 1 aliphatic heterocycles. The molecule has 1 aliphatic rings. The number of nitrogens with zero attached hydrogens (tertiary/aromatic N) is 2. The minimum absolute atomic E-state index is 0.256. The molecule has 108 valence electrons. The van der Waals surface area contributed by atoms with Gasteiger partial charge in [-0.3, -0.25) is 4.90 Å². The molecular formula is C15H33N3. The fraction of sp³-hybridized carbons (Fsp3) is 1.00. The Kier molecular flexibility index (Phi) is 6.09. The lowest BCUT2D eigenvalue weighted by Crippen LogP contribution is -2.52. The van der Waals surface area contributed by atoms with E-state index in [2.05, 4.69) is 56.8 Å². The van der Waals surface area contributed by atoms with Gasteiger partial charge in [0.1, 0.15) is 0 Å². The van der Waals surface area contributed by atoms with Gasteiger partial charge in [-0.25, -0.2) is 0 Å². The minimum Gasteiger partial charge on any atom is -0.312 e. The zero-order valence-corrected chi connectivity index (χ0v) is 13.3. The maximum Gasteiger partial charge on any atom is 0.0192 e. The van der Waals surface area contributed by atoms with Crippen LogP contribution in [0, 0.1) is 0 Å². The number of likely N-dealkylation sites (N-methyl/N-ethyl adjacent to an activating group) is 1. The van der Waals surface area contributed by atoms with Gasteiger partial charge in [-0.1, -0.05) is 0 Å². The SMILES string of the molecule is CC1CN(C(C)CCCNC(C)(C)C)CCN1C. The van der Waals surface area contributed by atoms with E-state index in [-0.39, 0.29) is 5.54 Å². The Labute approximate surface area is 114 Å². The summed E-state index contributed by atoms with van der Waals surface area (Å²) in [6.07, 6.45) is 2.58. The Bertz CT molecular complexity index is 234. The van der Waals surface area contributed by atoms with E-state index < -0.39 is 0 Å². The molecule has 0 spiro atoms. The standard InChI is InChI=1S/C15H33N3/c1-13(8-7-9-16-15(3,4)5)18-11-10-17(6)14(2)12-18/h13-14,16H,7-12H2,1-6H3. The van der Waals surface area contributed by atoms with Crippen molar-refractivity contribution in [1.82, 2.24) is 15.1 Å². The molecule has 3 heteroatoms. The maximum atomic E-state index is 3.57. The van der Waals surface area contributed by atoms with Gasteiger partial charge < -0.3 is 10.2 Å². The lowest BCUT2D eigenvalue weighted by molar-refractivity contribution is 0.0739. The molecule has 0 amide bonds. The van der Waals surface area contributed by atoms with Crippen LogP contribution in [0.2, 0.25) is 0 Å². The van der Waals surface area contributed by atoms with Crippen LogP contribution in [-0.2, 0) is 0 Å². The molecule has 0 bridgehead atoms. The van der Waals surface area contributed by atoms with Crippen molar-refractivity contribution in [2.45, 2.75) is 65.1 Å². The van der Waals surface area contributed by atoms with E-state index in [1.54, 1.807) is 0 Å². The Morgan fingerprint density at radius 1 is 1.28 bits per heavy atom. The number of nitrogens with one attached hydrogen (secondary N) is 1. The molecular weight excluding hydrogens is 222 g/mol. The molecule has 0 aromatic carbocycles. The second-order valence-corrected chi connectivity index (χ2v) is 6.99. The third-order valence-electron chi connectivity index (χ3n) is 4.07. The number of piperazine rings is 1. The van der Waals surface area contributed by atoms with Crippen molar-refractivity contribution >= 4 is 0 Å². The molecule has 0 aromatic rings. The van der Waals surface area contributed by atoms with Gasteiger partial charge in [0, 0.05) is 37.3 Å². The molecule has 0 aromatic heterocycles. The Morgan fingerprint density at radius 2 is 1.94 bits per heavy atom. The number of hydrogen-bond donors (Lipinski definition) is 1. The first-order chi connectivity index (χ1) is 8.29. The first kappa shape index (κ1) is 15.9. The van der Waals surface area contributed by atoms with E-state index in [0.717, 1.165) is 12.6 Å². The van der Waals surface area contributed by atoms with Crippen LogP contribution < -0.4 is 5.32 Å². The van der Waals surface area contributed by atoms with Crippen molar-refractivity contribution in [2.75, 3.05) is 33.2 Å². The maximum absolute atomic E-state index is 3.57. The quantitative estimate of drug-likeness (QED) is 0.760. The summed E-state index contributed by atoms with van der Waals surface area (Å²) in [6, 6.07) is 1.43. The van der Waals surface area contributed by atoms with Gasteiger partial charge in [-0.2, -0.15) is 0 Å². The van der Waals surface area contributed by atoms with E-state index in [0.29, 0.717) is 6.04 Å². The molecule has 18 heavy (non-hydrogen) atoms. The summed E-state index contributed by atoms with van der Waals surface area (Å²) in [5, 5.41) is 3.57. The summed E-state index contributed by atoms with van der Waals surface area (Å²) in [5.74, 6) is 0. The molecule has 2 atom stereocenters. The molecule has 1 heterocycles. The molecule has 1 fully saturated rings. The van der Waals surface area contributed by atoms with Crippen LogP contribution in [-0.4, -0.2) is 60.6 Å². The molecule has 1 saturated heterocycles. The minimum atomic E-state index is 0.256. The van der Waals surface area contributed by atoms with E-state index in [1.807, 2.05) is 0 Å². The van der Waals surface area contributed by atoms with Crippen LogP contribution in [0.4, 0.5) is 0 Å². The van der Waals surface area contributed by atoms with Crippen LogP contribution in [0.25, 0.3) is 0 Å². The van der Waals surface area contributed by atoms with Crippen LogP contribution in [0.5, 0.6) is 0 Å². The van der Waals surface area contributed by atoms with Gasteiger partial charge in [-0.15, -0.1) is 0 Å². The lowest BCUT2D eigenvalue weighted by Gasteiger charge is -2.40. The van der Waals surface area contributed by atoms with Crippen LogP contribution >= 0.6 is 0 Å². The molecule has 0 radical (unpaired) electrons. The third kappa shape index (κ3) is 5.68.